The maximum Gasteiger partial charge on any atom is 0.337 e. The van der Waals surface area contributed by atoms with Crippen molar-refractivity contribution >= 4 is 33.7 Å². The largest absolute Gasteiger partial charge is 0.465 e. The third kappa shape index (κ3) is 2.83. The molecule has 0 saturated heterocycles. The molecule has 1 aliphatic carbocycles. The summed E-state index contributed by atoms with van der Waals surface area (Å²) in [6, 6.07) is 5.78. The summed E-state index contributed by atoms with van der Waals surface area (Å²) in [5.74, 6) is 0.208. The monoisotopic (exact) mass is 374 g/mol. The Kier molecular flexibility index (Phi) is 3.71. The van der Waals surface area contributed by atoms with Crippen molar-refractivity contribution in [2.45, 2.75) is 18.9 Å². The maximum atomic E-state index is 11.9. The van der Waals surface area contributed by atoms with Gasteiger partial charge in [0.05, 0.1) is 24.4 Å². The summed E-state index contributed by atoms with van der Waals surface area (Å²) in [6.45, 7) is 0. The molecule has 4 aromatic rings. The molecule has 0 unspecified atom stereocenters. The third-order valence-corrected chi connectivity index (χ3v) is 4.84. The van der Waals surface area contributed by atoms with Crippen LogP contribution < -0.4 is 5.32 Å². The molecule has 3 heterocycles. The third-order valence-electron chi connectivity index (χ3n) is 4.84. The van der Waals surface area contributed by atoms with Crippen LogP contribution in [0.1, 0.15) is 23.2 Å². The van der Waals surface area contributed by atoms with Gasteiger partial charge in [0.15, 0.2) is 0 Å². The van der Waals surface area contributed by atoms with Crippen molar-refractivity contribution in [1.82, 2.24) is 24.7 Å². The first kappa shape index (κ1) is 16.6. The van der Waals surface area contributed by atoms with Crippen LogP contribution in [0.4, 0.5) is 5.95 Å². The van der Waals surface area contributed by atoms with Crippen LogP contribution in [0.15, 0.2) is 36.8 Å². The molecule has 1 aliphatic rings. The lowest BCUT2D eigenvalue weighted by Gasteiger charge is -2.10. The highest BCUT2D eigenvalue weighted by molar-refractivity contribution is 6.10. The van der Waals surface area contributed by atoms with E-state index in [1.54, 1.807) is 23.0 Å². The second kappa shape index (κ2) is 6.26. The number of esters is 1. The second-order valence-corrected chi connectivity index (χ2v) is 6.96. The van der Waals surface area contributed by atoms with E-state index < -0.39 is 5.97 Å². The minimum atomic E-state index is -0.396. The van der Waals surface area contributed by atoms with Gasteiger partial charge in [-0.2, -0.15) is 5.10 Å². The van der Waals surface area contributed by atoms with Gasteiger partial charge in [0, 0.05) is 41.8 Å². The van der Waals surface area contributed by atoms with Crippen LogP contribution in [0.3, 0.4) is 0 Å². The molecular weight excluding hydrogens is 356 g/mol. The second-order valence-electron chi connectivity index (χ2n) is 6.96. The standard InChI is InChI=1S/C20H18N6O2/c1-26-10-12(8-22-26)17-18-15(9-21-20(25-18)23-13-4-5-13)14-6-3-11(19(27)28-2)7-16(14)24-17/h3,6-10,13H,4-5H2,1-2H3,(H,21,23,25). The highest BCUT2D eigenvalue weighted by atomic mass is 16.5. The zero-order chi connectivity index (χ0) is 19.3. The molecule has 1 fully saturated rings. The predicted octanol–water partition coefficient (Wildman–Crippen LogP) is 2.94. The van der Waals surface area contributed by atoms with Crippen LogP contribution in [-0.4, -0.2) is 43.9 Å². The average Bonchev–Trinajstić information content (AvgIpc) is 3.43. The van der Waals surface area contributed by atoms with Gasteiger partial charge in [-0.1, -0.05) is 6.07 Å². The number of nitrogens with one attached hydrogen (secondary N) is 1. The Morgan fingerprint density at radius 1 is 1.21 bits per heavy atom. The van der Waals surface area contributed by atoms with Gasteiger partial charge in [0.25, 0.3) is 0 Å². The molecule has 140 valence electrons. The molecule has 0 amide bonds. The summed E-state index contributed by atoms with van der Waals surface area (Å²) in [7, 11) is 3.22. The zero-order valence-corrected chi connectivity index (χ0v) is 15.5. The van der Waals surface area contributed by atoms with Crippen molar-refractivity contribution in [2.75, 3.05) is 12.4 Å². The van der Waals surface area contributed by atoms with Crippen molar-refractivity contribution < 1.29 is 9.53 Å². The van der Waals surface area contributed by atoms with Crippen LogP contribution in [0.2, 0.25) is 0 Å². The average molecular weight is 374 g/mol. The smallest absolute Gasteiger partial charge is 0.337 e. The number of benzene rings is 1. The zero-order valence-electron chi connectivity index (χ0n) is 15.5. The molecule has 0 spiro atoms. The number of fused-ring (bicyclic) bond motifs is 3. The number of nitrogens with zero attached hydrogens (tertiary/aromatic N) is 5. The van der Waals surface area contributed by atoms with Gasteiger partial charge in [0.1, 0.15) is 11.2 Å². The van der Waals surface area contributed by atoms with E-state index in [4.69, 9.17) is 14.7 Å². The summed E-state index contributed by atoms with van der Waals surface area (Å²) >= 11 is 0. The van der Waals surface area contributed by atoms with Crippen LogP contribution in [0, 0.1) is 0 Å². The number of aromatic nitrogens is 5. The summed E-state index contributed by atoms with van der Waals surface area (Å²) in [5.41, 5.74) is 3.45. The highest BCUT2D eigenvalue weighted by Gasteiger charge is 2.23. The predicted molar refractivity (Wildman–Crippen MR) is 105 cm³/mol. The minimum absolute atomic E-state index is 0.396. The molecule has 1 N–H and O–H groups in total. The van der Waals surface area contributed by atoms with Crippen molar-refractivity contribution in [3.05, 3.63) is 42.4 Å². The summed E-state index contributed by atoms with van der Waals surface area (Å²) in [4.78, 5) is 26.0. The van der Waals surface area contributed by atoms with E-state index in [1.165, 1.54) is 7.11 Å². The number of carbonyl (C=O) groups excluding carboxylic acids is 1. The molecule has 1 saturated carbocycles. The maximum absolute atomic E-state index is 11.9. The quantitative estimate of drug-likeness (QED) is 0.433. The Labute approximate surface area is 160 Å². The Hall–Kier alpha value is -3.55. The lowest BCUT2D eigenvalue weighted by Crippen LogP contribution is -2.06. The van der Waals surface area contributed by atoms with Gasteiger partial charge in [-0.15, -0.1) is 0 Å². The van der Waals surface area contributed by atoms with Gasteiger partial charge in [-0.05, 0) is 25.0 Å². The first-order valence-corrected chi connectivity index (χ1v) is 9.07. The van der Waals surface area contributed by atoms with E-state index in [0.717, 1.165) is 34.7 Å². The van der Waals surface area contributed by atoms with Crippen LogP contribution in [-0.2, 0) is 11.8 Å². The minimum Gasteiger partial charge on any atom is -0.465 e. The number of ether oxygens (including phenoxy) is 1. The van der Waals surface area contributed by atoms with Crippen molar-refractivity contribution in [3.63, 3.8) is 0 Å². The number of aryl methyl sites for hydroxylation is 1. The van der Waals surface area contributed by atoms with Gasteiger partial charge >= 0.3 is 5.97 Å². The Morgan fingerprint density at radius 3 is 2.79 bits per heavy atom. The summed E-state index contributed by atoms with van der Waals surface area (Å²) in [6.07, 6.45) is 7.75. The molecule has 5 rings (SSSR count). The van der Waals surface area contributed by atoms with Gasteiger partial charge in [-0.25, -0.2) is 19.7 Å². The van der Waals surface area contributed by atoms with Crippen LogP contribution in [0.5, 0.6) is 0 Å². The Morgan fingerprint density at radius 2 is 2.07 bits per heavy atom. The number of methoxy groups -OCH3 is 1. The molecule has 1 aromatic carbocycles. The van der Waals surface area contributed by atoms with E-state index in [9.17, 15) is 4.79 Å². The number of rotatable bonds is 4. The van der Waals surface area contributed by atoms with Crippen molar-refractivity contribution in [1.29, 1.82) is 0 Å². The number of carbonyl (C=O) groups is 1. The van der Waals surface area contributed by atoms with Gasteiger partial charge in [-0.3, -0.25) is 4.68 Å². The molecular formula is C20H18N6O2. The normalized spacial score (nSPS) is 13.8. The molecule has 0 bridgehead atoms. The van der Waals surface area contributed by atoms with Crippen molar-refractivity contribution in [3.8, 4) is 11.3 Å². The molecule has 0 atom stereocenters. The molecule has 8 heteroatoms. The van der Waals surface area contributed by atoms with E-state index in [2.05, 4.69) is 15.4 Å². The molecule has 28 heavy (non-hydrogen) atoms. The number of hydrogen-bond acceptors (Lipinski definition) is 7. The molecule has 3 aromatic heterocycles. The number of anilines is 1. The fraction of sp³-hybridized carbons (Fsp3) is 0.250. The number of pyridine rings is 1. The lowest BCUT2D eigenvalue weighted by atomic mass is 10.0. The van der Waals surface area contributed by atoms with Gasteiger partial charge < -0.3 is 10.1 Å². The van der Waals surface area contributed by atoms with Crippen LogP contribution in [0.25, 0.3) is 33.1 Å². The summed E-state index contributed by atoms with van der Waals surface area (Å²) < 4.78 is 6.56. The van der Waals surface area contributed by atoms with Crippen LogP contribution >= 0.6 is 0 Å². The summed E-state index contributed by atoms with van der Waals surface area (Å²) in [5, 5.41) is 9.36. The lowest BCUT2D eigenvalue weighted by molar-refractivity contribution is 0.0601. The first-order valence-electron chi connectivity index (χ1n) is 9.07. The number of hydrogen-bond donors (Lipinski definition) is 1. The fourth-order valence-electron chi connectivity index (χ4n) is 3.25. The van der Waals surface area contributed by atoms with E-state index in [1.807, 2.05) is 25.5 Å². The Balaban J connectivity index is 1.78. The molecule has 8 nitrogen and oxygen atoms in total. The molecule has 0 aliphatic heterocycles. The Bertz CT molecular complexity index is 1230. The fourth-order valence-corrected chi connectivity index (χ4v) is 3.25. The van der Waals surface area contributed by atoms with E-state index in [0.29, 0.717) is 28.8 Å². The molecule has 0 radical (unpaired) electrons. The topological polar surface area (TPSA) is 94.8 Å². The highest BCUT2D eigenvalue weighted by Crippen LogP contribution is 2.32. The van der Waals surface area contributed by atoms with Crippen molar-refractivity contribution in [2.24, 2.45) is 7.05 Å². The SMILES string of the molecule is COC(=O)c1ccc2c(c1)nc(-c1cnn(C)c1)c1nc(NC3CC3)ncc12. The van der Waals surface area contributed by atoms with E-state index >= 15 is 0 Å². The van der Waals surface area contributed by atoms with E-state index in [-0.39, 0.29) is 0 Å². The first-order chi connectivity index (χ1) is 13.6. The van der Waals surface area contributed by atoms with Gasteiger partial charge in [0.2, 0.25) is 5.95 Å².